The van der Waals surface area contributed by atoms with Crippen molar-refractivity contribution in [2.45, 2.75) is 149 Å². The van der Waals surface area contributed by atoms with Crippen molar-refractivity contribution in [3.8, 4) is 17.3 Å². The van der Waals surface area contributed by atoms with E-state index in [1.807, 2.05) is 48.5 Å². The minimum atomic E-state index is -0.434. The molecule has 6 N–H and O–H groups in total. The molecule has 0 bridgehead atoms. The van der Waals surface area contributed by atoms with Crippen LogP contribution in [0.5, 0.6) is 11.6 Å². The fourth-order valence-electron chi connectivity index (χ4n) is 8.37. The molecule has 0 fully saturated rings. The molecule has 1 amide bonds. The summed E-state index contributed by atoms with van der Waals surface area (Å²) in [7, 11) is 1.61. The number of nitrogens with zero attached hydrogens (tertiary/aromatic N) is 8. The lowest BCUT2D eigenvalue weighted by molar-refractivity contribution is -0.121. The van der Waals surface area contributed by atoms with Crippen LogP contribution in [0.3, 0.4) is 0 Å². The number of aromatic amines is 2. The molecule has 0 aliphatic carbocycles. The monoisotopic (exact) mass is 1070 g/mol. The lowest BCUT2D eigenvalue weighted by atomic mass is 10.1. The third-order valence-electron chi connectivity index (χ3n) is 12.5. The Labute approximate surface area is 445 Å². The molecule has 0 unspecified atom stereocenters. The quantitative estimate of drug-likeness (QED) is 0.0500. The van der Waals surface area contributed by atoms with Crippen molar-refractivity contribution < 1.29 is 34.7 Å². The number of benzene rings is 3. The Morgan fingerprint density at radius 2 is 1.21 bits per heavy atom. The molecule has 0 saturated heterocycles. The van der Waals surface area contributed by atoms with E-state index in [4.69, 9.17) is 14.6 Å². The SMILES string of the molecule is C[C@@H](O)CCCCN1C(=O)COc2ccccc21.C[C@@H](O)CCCCOc1n[nH]c(=O)c2ccccc12.C[C@@H](O)CCCCn1[nH]c(=O)n(-c2ccccc2)c1=O.Cc1cnc2n(C)c(=O)n(CCCC[C@@H](C)O)c(=O)n12. The highest BCUT2D eigenvalue weighted by atomic mass is 16.5. The van der Waals surface area contributed by atoms with Crippen LogP contribution in [-0.2, 0) is 24.9 Å². The molecule has 0 saturated carbocycles. The normalized spacial score (nSPS) is 13.5. The molecule has 7 aromatic rings. The van der Waals surface area contributed by atoms with Crippen molar-refractivity contribution in [2.24, 2.45) is 7.05 Å². The van der Waals surface area contributed by atoms with Gasteiger partial charge in [-0.1, -0.05) is 42.5 Å². The molecule has 418 valence electrons. The lowest BCUT2D eigenvalue weighted by Gasteiger charge is -2.29. The molecule has 22 heteroatoms. The third-order valence-corrected chi connectivity index (χ3v) is 12.5. The van der Waals surface area contributed by atoms with Gasteiger partial charge in [-0.05, 0) is 148 Å². The van der Waals surface area contributed by atoms with E-state index < -0.39 is 5.69 Å². The van der Waals surface area contributed by atoms with Crippen molar-refractivity contribution in [3.63, 3.8) is 0 Å². The number of aromatic nitrogens is 9. The van der Waals surface area contributed by atoms with Gasteiger partial charge in [-0.2, -0.15) is 0 Å². The number of amides is 1. The maximum Gasteiger partial charge on any atom is 0.351 e. The van der Waals surface area contributed by atoms with Gasteiger partial charge in [0.15, 0.2) is 6.61 Å². The van der Waals surface area contributed by atoms with Gasteiger partial charge in [0.1, 0.15) is 5.75 Å². The van der Waals surface area contributed by atoms with Crippen LogP contribution in [0.25, 0.3) is 22.2 Å². The van der Waals surface area contributed by atoms with E-state index in [1.54, 1.807) is 83.1 Å². The number of anilines is 1. The average molecular weight is 1070 g/mol. The molecular formula is C55H76N10O12. The summed E-state index contributed by atoms with van der Waals surface area (Å²) in [6.07, 6.45) is 9.82. The van der Waals surface area contributed by atoms with E-state index in [1.165, 1.54) is 18.2 Å². The third kappa shape index (κ3) is 17.8. The zero-order valence-electron chi connectivity index (χ0n) is 45.0. The highest BCUT2D eigenvalue weighted by Gasteiger charge is 2.24. The van der Waals surface area contributed by atoms with Crippen molar-refractivity contribution in [1.29, 1.82) is 0 Å². The van der Waals surface area contributed by atoms with Gasteiger partial charge in [0, 0.05) is 32.4 Å². The molecule has 0 radical (unpaired) electrons. The second kappa shape index (κ2) is 30.4. The molecule has 4 atom stereocenters. The number of H-pyrrole nitrogens is 2. The van der Waals surface area contributed by atoms with Gasteiger partial charge in [0.2, 0.25) is 11.7 Å². The first-order chi connectivity index (χ1) is 36.9. The number of aliphatic hydroxyl groups excluding tert-OH is 4. The Kier molecular flexibility index (Phi) is 23.8. The number of carbonyl (C=O) groups is 1. The Bertz CT molecular complexity index is 3240. The van der Waals surface area contributed by atoms with Crippen LogP contribution in [0.4, 0.5) is 5.69 Å². The van der Waals surface area contributed by atoms with Crippen LogP contribution in [0.15, 0.2) is 109 Å². The van der Waals surface area contributed by atoms with Gasteiger partial charge >= 0.3 is 22.8 Å². The smallest absolute Gasteiger partial charge is 0.351 e. The summed E-state index contributed by atoms with van der Waals surface area (Å²) in [6, 6.07) is 23.6. The van der Waals surface area contributed by atoms with Gasteiger partial charge < -0.3 is 34.8 Å². The number of hydrogen-bond acceptors (Lipinski definition) is 14. The molecule has 3 aromatic carbocycles. The van der Waals surface area contributed by atoms with E-state index in [0.29, 0.717) is 73.9 Å². The molecule has 5 heterocycles. The summed E-state index contributed by atoms with van der Waals surface area (Å²) in [5.41, 5.74) is 0.401. The van der Waals surface area contributed by atoms with Gasteiger partial charge in [0.05, 0.1) is 59.4 Å². The number of ether oxygens (including phenoxy) is 2. The minimum absolute atomic E-state index is 0.00532. The van der Waals surface area contributed by atoms with E-state index in [2.05, 4.69) is 20.3 Å². The molecule has 1 aliphatic rings. The van der Waals surface area contributed by atoms with Crippen LogP contribution in [0.1, 0.15) is 110 Å². The number of hydrogen-bond donors (Lipinski definition) is 6. The van der Waals surface area contributed by atoms with Crippen LogP contribution < -0.4 is 42.7 Å². The fraction of sp³-hybridized carbons (Fsp3) is 0.491. The molecule has 22 nitrogen and oxygen atoms in total. The number of aliphatic hydroxyl groups is 4. The van der Waals surface area contributed by atoms with Crippen LogP contribution in [-0.4, -0.2) is 114 Å². The van der Waals surface area contributed by atoms with Crippen LogP contribution in [0, 0.1) is 6.92 Å². The first-order valence-corrected chi connectivity index (χ1v) is 26.3. The zero-order chi connectivity index (χ0) is 56.0. The van der Waals surface area contributed by atoms with E-state index >= 15 is 0 Å². The number of unbranched alkanes of at least 4 members (excludes halogenated alkanes) is 4. The first-order valence-electron chi connectivity index (χ1n) is 26.3. The molecule has 0 spiro atoms. The number of para-hydroxylation sites is 3. The molecule has 1 aliphatic heterocycles. The highest BCUT2D eigenvalue weighted by Crippen LogP contribution is 2.31. The predicted octanol–water partition coefficient (Wildman–Crippen LogP) is 4.75. The lowest BCUT2D eigenvalue weighted by Crippen LogP contribution is -2.43. The second-order valence-electron chi connectivity index (χ2n) is 19.3. The van der Waals surface area contributed by atoms with Crippen molar-refractivity contribution >= 4 is 28.1 Å². The zero-order valence-corrected chi connectivity index (χ0v) is 45.0. The topological polar surface area (TPSA) is 287 Å². The summed E-state index contributed by atoms with van der Waals surface area (Å²) in [6.45, 7) is 10.9. The molecule has 4 aromatic heterocycles. The number of rotatable bonds is 22. The van der Waals surface area contributed by atoms with Crippen LogP contribution in [0.2, 0.25) is 0 Å². The number of fused-ring (bicyclic) bond motifs is 3. The van der Waals surface area contributed by atoms with E-state index in [9.17, 15) is 44.1 Å². The van der Waals surface area contributed by atoms with Crippen LogP contribution >= 0.6 is 0 Å². The maximum atomic E-state index is 12.3. The number of aryl methyl sites for hydroxylation is 3. The van der Waals surface area contributed by atoms with Crippen molar-refractivity contribution in [2.75, 3.05) is 24.7 Å². The summed E-state index contributed by atoms with van der Waals surface area (Å²) in [4.78, 5) is 77.8. The van der Waals surface area contributed by atoms with Gasteiger partial charge in [-0.25, -0.2) is 52.6 Å². The molecular weight excluding hydrogens is 993 g/mol. The Balaban J connectivity index is 0.000000189. The van der Waals surface area contributed by atoms with Crippen molar-refractivity contribution in [3.05, 3.63) is 143 Å². The van der Waals surface area contributed by atoms with Gasteiger partial charge in [0.25, 0.3) is 11.5 Å². The number of carbonyl (C=O) groups excluding carboxylic acids is 1. The number of imidazole rings is 1. The molecule has 77 heavy (non-hydrogen) atoms. The average Bonchev–Trinajstić information content (AvgIpc) is 3.96. The summed E-state index contributed by atoms with van der Waals surface area (Å²) >= 11 is 0. The fourth-order valence-corrected chi connectivity index (χ4v) is 8.37. The Morgan fingerprint density at radius 1 is 0.649 bits per heavy atom. The van der Waals surface area contributed by atoms with Gasteiger partial charge in [-0.15, -0.1) is 5.10 Å². The maximum absolute atomic E-state index is 12.3. The number of nitrogens with one attached hydrogen (secondary N) is 2. The Morgan fingerprint density at radius 3 is 1.84 bits per heavy atom. The predicted molar refractivity (Wildman–Crippen MR) is 294 cm³/mol. The van der Waals surface area contributed by atoms with E-state index in [-0.39, 0.29) is 59.6 Å². The highest BCUT2D eigenvalue weighted by molar-refractivity contribution is 5.97. The second-order valence-corrected chi connectivity index (χ2v) is 19.3. The van der Waals surface area contributed by atoms with E-state index in [0.717, 1.165) is 79.2 Å². The standard InChI is InChI=1S/C14H19N3O3.C14H18N2O3.C14H19NO3.C13H20N4O3/c1-11(18)7-5-6-10-16-14(20)17(13(19)15-16)12-8-3-2-4-9-12;1-10(17)6-4-5-9-19-14-12-8-3-2-7-11(12)13(18)15-16-14;1-11(16)6-4-5-9-15-12-7-2-3-8-13(12)18-10-14(15)17;1-9-8-14-11-15(3)12(19)16(13(20)17(9)11)7-5-4-6-10(2)18/h2-4,8-9,11,18H,5-7,10H2,1H3,(H,15,19);2-3,7-8,10,17H,4-6,9H2,1H3,(H,15,18);2-3,7-8,11,16H,4-6,9-10H2,1H3;8,10,18H,4-7H2,1-3H3/t11-;10-;11-;10-/m1111/s1. The summed E-state index contributed by atoms with van der Waals surface area (Å²) in [5, 5.41) is 46.9. The molecule has 8 rings (SSSR count). The summed E-state index contributed by atoms with van der Waals surface area (Å²) < 4.78 is 17.5. The van der Waals surface area contributed by atoms with Crippen molar-refractivity contribution in [1.82, 2.24) is 43.1 Å². The first kappa shape index (κ1) is 60.5. The largest absolute Gasteiger partial charge is 0.482 e. The Hall–Kier alpha value is -7.40. The minimum Gasteiger partial charge on any atom is -0.482 e. The summed E-state index contributed by atoms with van der Waals surface area (Å²) in [5.74, 6) is 1.59. The van der Waals surface area contributed by atoms with Gasteiger partial charge in [-0.3, -0.25) is 14.2 Å².